The fraction of sp³-hybridized carbons (Fsp3) is 0.267. The van der Waals surface area contributed by atoms with Crippen molar-refractivity contribution in [1.29, 1.82) is 0 Å². The fourth-order valence-electron chi connectivity index (χ4n) is 1.94. The lowest BCUT2D eigenvalue weighted by atomic mass is 10.2. The van der Waals surface area contributed by atoms with Gasteiger partial charge in [-0.05, 0) is 24.6 Å². The van der Waals surface area contributed by atoms with Gasteiger partial charge in [0, 0.05) is 25.0 Å². The molecule has 0 amide bonds. The first-order valence-corrected chi connectivity index (χ1v) is 6.18. The van der Waals surface area contributed by atoms with E-state index in [4.69, 9.17) is 5.11 Å². The lowest BCUT2D eigenvalue weighted by Gasteiger charge is -2.23. The molecule has 1 aromatic carbocycles. The zero-order valence-electron chi connectivity index (χ0n) is 10.6. The average Bonchev–Trinajstić information content (AvgIpc) is 2.46. The quantitative estimate of drug-likeness (QED) is 0.875. The molecule has 0 radical (unpaired) electrons. The number of pyridine rings is 1. The van der Waals surface area contributed by atoms with Crippen molar-refractivity contribution in [3.63, 3.8) is 0 Å². The zero-order valence-corrected chi connectivity index (χ0v) is 10.6. The van der Waals surface area contributed by atoms with Crippen molar-refractivity contribution in [3.05, 3.63) is 59.9 Å². The van der Waals surface area contributed by atoms with Gasteiger partial charge in [-0.2, -0.15) is 0 Å². The van der Waals surface area contributed by atoms with E-state index in [1.807, 2.05) is 18.2 Å². The predicted octanol–water partition coefficient (Wildman–Crippen LogP) is 2.60. The molecule has 1 N–H and O–H groups in total. The largest absolute Gasteiger partial charge is 0.390 e. The molecule has 94 valence electrons. The number of hydrogen-bond acceptors (Lipinski definition) is 3. The van der Waals surface area contributed by atoms with Crippen molar-refractivity contribution in [2.24, 2.45) is 0 Å². The van der Waals surface area contributed by atoms with Crippen LogP contribution < -0.4 is 4.90 Å². The van der Waals surface area contributed by atoms with E-state index in [0.29, 0.717) is 5.69 Å². The molecule has 0 saturated heterocycles. The smallest absolute Gasteiger partial charge is 0.0853 e. The van der Waals surface area contributed by atoms with Crippen LogP contribution in [-0.2, 0) is 13.2 Å². The predicted molar refractivity (Wildman–Crippen MR) is 73.3 cm³/mol. The highest BCUT2D eigenvalue weighted by atomic mass is 16.3. The Balaban J connectivity index is 2.17. The summed E-state index contributed by atoms with van der Waals surface area (Å²) in [6.07, 6.45) is 1.74. The Morgan fingerprint density at radius 2 is 1.94 bits per heavy atom. The van der Waals surface area contributed by atoms with Crippen molar-refractivity contribution in [1.82, 2.24) is 4.98 Å². The molecule has 0 unspecified atom stereocenters. The van der Waals surface area contributed by atoms with Crippen LogP contribution in [0.3, 0.4) is 0 Å². The highest BCUT2D eigenvalue weighted by Crippen LogP contribution is 2.17. The molecule has 0 aliphatic carbocycles. The van der Waals surface area contributed by atoms with Gasteiger partial charge >= 0.3 is 0 Å². The zero-order chi connectivity index (χ0) is 12.8. The third-order valence-corrected chi connectivity index (χ3v) is 2.93. The molecule has 0 aliphatic rings. The normalized spacial score (nSPS) is 10.3. The van der Waals surface area contributed by atoms with E-state index in [2.05, 4.69) is 41.1 Å². The number of benzene rings is 1. The van der Waals surface area contributed by atoms with Gasteiger partial charge in [0.15, 0.2) is 0 Å². The third kappa shape index (κ3) is 3.08. The van der Waals surface area contributed by atoms with Crippen LogP contribution in [-0.4, -0.2) is 16.6 Å². The topological polar surface area (TPSA) is 36.4 Å². The number of aromatic nitrogens is 1. The van der Waals surface area contributed by atoms with Crippen molar-refractivity contribution in [2.75, 3.05) is 11.4 Å². The van der Waals surface area contributed by atoms with E-state index in [1.165, 1.54) is 5.56 Å². The molecule has 1 heterocycles. The van der Waals surface area contributed by atoms with Gasteiger partial charge in [-0.3, -0.25) is 4.98 Å². The Morgan fingerprint density at radius 1 is 1.17 bits per heavy atom. The Morgan fingerprint density at radius 3 is 2.61 bits per heavy atom. The second-order valence-electron chi connectivity index (χ2n) is 4.16. The molecule has 1 aromatic heterocycles. The van der Waals surface area contributed by atoms with Crippen molar-refractivity contribution in [3.8, 4) is 0 Å². The van der Waals surface area contributed by atoms with Gasteiger partial charge in [0.05, 0.1) is 12.3 Å². The Hall–Kier alpha value is -1.87. The number of hydrogen-bond donors (Lipinski definition) is 1. The summed E-state index contributed by atoms with van der Waals surface area (Å²) >= 11 is 0. The molecule has 2 aromatic rings. The minimum absolute atomic E-state index is 0.0171. The van der Waals surface area contributed by atoms with E-state index in [-0.39, 0.29) is 6.61 Å². The Bertz CT molecular complexity index is 485. The summed E-state index contributed by atoms with van der Waals surface area (Å²) in [5, 5.41) is 9.13. The van der Waals surface area contributed by atoms with Crippen molar-refractivity contribution < 1.29 is 5.11 Å². The number of nitrogens with zero attached hydrogens (tertiary/aromatic N) is 2. The minimum Gasteiger partial charge on any atom is -0.390 e. The summed E-state index contributed by atoms with van der Waals surface area (Å²) in [5.41, 5.74) is 3.08. The molecule has 0 aliphatic heterocycles. The molecular weight excluding hydrogens is 224 g/mol. The number of anilines is 1. The van der Waals surface area contributed by atoms with E-state index in [9.17, 15) is 0 Å². The summed E-state index contributed by atoms with van der Waals surface area (Å²) in [4.78, 5) is 6.37. The lowest BCUT2D eigenvalue weighted by molar-refractivity contribution is 0.277. The number of rotatable bonds is 5. The molecule has 3 nitrogen and oxygen atoms in total. The Kier molecular flexibility index (Phi) is 4.31. The maximum absolute atomic E-state index is 9.13. The van der Waals surface area contributed by atoms with Crippen LogP contribution in [0.5, 0.6) is 0 Å². The number of aliphatic hydroxyl groups excluding tert-OH is 1. The molecular formula is C15H18N2O. The van der Waals surface area contributed by atoms with Crippen LogP contribution in [0.25, 0.3) is 0 Å². The molecule has 2 rings (SSSR count). The summed E-state index contributed by atoms with van der Waals surface area (Å²) in [6, 6.07) is 14.3. The molecule has 0 atom stereocenters. The molecule has 3 heteroatoms. The van der Waals surface area contributed by atoms with Gasteiger partial charge in [0.2, 0.25) is 0 Å². The van der Waals surface area contributed by atoms with E-state index in [1.54, 1.807) is 6.20 Å². The first-order chi connectivity index (χ1) is 8.83. The van der Waals surface area contributed by atoms with Crippen LogP contribution in [0.15, 0.2) is 48.7 Å². The molecule has 0 fully saturated rings. The molecule has 18 heavy (non-hydrogen) atoms. The molecule has 0 saturated carbocycles. The maximum atomic E-state index is 9.13. The van der Waals surface area contributed by atoms with Crippen molar-refractivity contribution in [2.45, 2.75) is 20.1 Å². The standard InChI is InChI=1S/C15H18N2O/c1-2-17(11-13-6-4-3-5-7-13)15-8-9-16-14(10-15)12-18/h3-10,18H,2,11-12H2,1H3. The van der Waals surface area contributed by atoms with Gasteiger partial charge in [-0.25, -0.2) is 0 Å². The van der Waals surface area contributed by atoms with Gasteiger partial charge in [-0.1, -0.05) is 30.3 Å². The second-order valence-corrected chi connectivity index (χ2v) is 4.16. The average molecular weight is 242 g/mol. The van der Waals surface area contributed by atoms with E-state index >= 15 is 0 Å². The highest BCUT2D eigenvalue weighted by molar-refractivity contribution is 5.47. The second kappa shape index (κ2) is 6.17. The molecule has 0 bridgehead atoms. The third-order valence-electron chi connectivity index (χ3n) is 2.93. The summed E-state index contributed by atoms with van der Waals surface area (Å²) in [5.74, 6) is 0. The summed E-state index contributed by atoms with van der Waals surface area (Å²) < 4.78 is 0. The fourth-order valence-corrected chi connectivity index (χ4v) is 1.94. The SMILES string of the molecule is CCN(Cc1ccccc1)c1ccnc(CO)c1. The van der Waals surface area contributed by atoms with Gasteiger partial charge in [-0.15, -0.1) is 0 Å². The first kappa shape index (κ1) is 12.6. The van der Waals surface area contributed by atoms with Crippen molar-refractivity contribution >= 4 is 5.69 Å². The first-order valence-electron chi connectivity index (χ1n) is 6.18. The summed E-state index contributed by atoms with van der Waals surface area (Å²) in [6.45, 7) is 3.90. The van der Waals surface area contributed by atoms with Gasteiger partial charge in [0.1, 0.15) is 0 Å². The van der Waals surface area contributed by atoms with Crippen LogP contribution in [0, 0.1) is 0 Å². The Labute approximate surface area is 108 Å². The maximum Gasteiger partial charge on any atom is 0.0853 e. The van der Waals surface area contributed by atoms with E-state index < -0.39 is 0 Å². The monoisotopic (exact) mass is 242 g/mol. The minimum atomic E-state index is -0.0171. The van der Waals surface area contributed by atoms with Crippen LogP contribution in [0.4, 0.5) is 5.69 Å². The van der Waals surface area contributed by atoms with Crippen LogP contribution in [0.1, 0.15) is 18.2 Å². The molecule has 0 spiro atoms. The van der Waals surface area contributed by atoms with Gasteiger partial charge < -0.3 is 10.0 Å². The van der Waals surface area contributed by atoms with E-state index in [0.717, 1.165) is 18.8 Å². The lowest BCUT2D eigenvalue weighted by Crippen LogP contribution is -2.22. The van der Waals surface area contributed by atoms with Crippen LogP contribution >= 0.6 is 0 Å². The summed E-state index contributed by atoms with van der Waals surface area (Å²) in [7, 11) is 0. The van der Waals surface area contributed by atoms with Crippen LogP contribution in [0.2, 0.25) is 0 Å². The number of aliphatic hydroxyl groups is 1. The highest BCUT2D eigenvalue weighted by Gasteiger charge is 2.06. The van der Waals surface area contributed by atoms with Gasteiger partial charge in [0.25, 0.3) is 0 Å².